The van der Waals surface area contributed by atoms with Crippen LogP contribution in [-0.2, 0) is 4.74 Å². The van der Waals surface area contributed by atoms with E-state index in [1.54, 1.807) is 36.4 Å². The van der Waals surface area contributed by atoms with Gasteiger partial charge in [-0.1, -0.05) is 35.9 Å². The minimum atomic E-state index is -0.970. The minimum Gasteiger partial charge on any atom is -1.00 e. The number of quaternary nitrogens is 1. The number of amides is 1. The number of carbonyl (C=O) groups is 2. The predicted octanol–water partition coefficient (Wildman–Crippen LogP) is 2.93. The van der Waals surface area contributed by atoms with Crippen LogP contribution in [0.1, 0.15) is 40.4 Å². The van der Waals surface area contributed by atoms with Crippen LogP contribution in [0.3, 0.4) is 0 Å². The van der Waals surface area contributed by atoms with E-state index in [9.17, 15) is 18.4 Å². The number of rotatable bonds is 7. The van der Waals surface area contributed by atoms with Gasteiger partial charge < -0.3 is 31.5 Å². The van der Waals surface area contributed by atoms with Gasteiger partial charge in [0.25, 0.3) is 0 Å². The highest BCUT2D eigenvalue weighted by molar-refractivity contribution is 6.30. The lowest BCUT2D eigenvalue weighted by Gasteiger charge is -2.52. The molecule has 0 aliphatic carbocycles. The molecule has 6 rings (SSSR count). The SMILES string of the molecule is O=C(NC1C[N+]2(CC(=O)c3ccc(Cl)cc3)CCC1CC2)OC(c1cccc(F)c1)c1cccc(F)c1.[Br-]. The number of nitrogens with zero attached hydrogens (tertiary/aromatic N) is 1. The molecule has 3 aromatic carbocycles. The fourth-order valence-corrected chi connectivity index (χ4v) is 5.79. The molecule has 0 aromatic heterocycles. The second kappa shape index (κ2) is 11.9. The maximum atomic E-state index is 14.0. The van der Waals surface area contributed by atoms with Crippen LogP contribution in [0.15, 0.2) is 72.8 Å². The molecule has 3 aliphatic heterocycles. The number of fused-ring (bicyclic) bond motifs is 3. The van der Waals surface area contributed by atoms with Crippen molar-refractivity contribution in [3.05, 3.63) is 106 Å². The molecule has 0 radical (unpaired) electrons. The van der Waals surface area contributed by atoms with E-state index in [1.807, 2.05) is 0 Å². The van der Waals surface area contributed by atoms with Crippen molar-refractivity contribution in [3.8, 4) is 0 Å². The molecule has 3 fully saturated rings. The first-order valence-corrected chi connectivity index (χ1v) is 12.8. The van der Waals surface area contributed by atoms with Crippen molar-refractivity contribution >= 4 is 23.5 Å². The standard InChI is InChI=1S/C29H27ClF2N2O3.BrH/c30-23-9-7-20(8-10-23)27(35)18-34-13-11-19(12-14-34)26(17-34)33-29(36)37-28(21-3-1-5-24(31)15-21)22-4-2-6-25(32)16-22;/h1-10,15-16,19,26,28H,11-14,17-18H2;1H. The summed E-state index contributed by atoms with van der Waals surface area (Å²) in [7, 11) is 0. The van der Waals surface area contributed by atoms with Crippen LogP contribution in [0, 0.1) is 17.6 Å². The molecule has 1 unspecified atom stereocenters. The van der Waals surface area contributed by atoms with Gasteiger partial charge in [0.1, 0.15) is 18.2 Å². The number of nitrogens with one attached hydrogen (secondary N) is 1. The molecule has 3 aliphatic rings. The molecule has 200 valence electrons. The number of ether oxygens (including phenoxy) is 1. The van der Waals surface area contributed by atoms with Crippen molar-refractivity contribution in [1.29, 1.82) is 0 Å². The summed E-state index contributed by atoms with van der Waals surface area (Å²) in [6.45, 7) is 2.75. The highest BCUT2D eigenvalue weighted by Gasteiger charge is 2.47. The van der Waals surface area contributed by atoms with Gasteiger partial charge in [0, 0.05) is 23.4 Å². The van der Waals surface area contributed by atoms with E-state index < -0.39 is 23.8 Å². The van der Waals surface area contributed by atoms with Crippen LogP contribution in [-0.4, -0.2) is 48.6 Å². The lowest BCUT2D eigenvalue weighted by molar-refractivity contribution is -0.936. The Bertz CT molecular complexity index is 1250. The largest absolute Gasteiger partial charge is 1.00 e. The van der Waals surface area contributed by atoms with Crippen LogP contribution in [0.2, 0.25) is 5.02 Å². The van der Waals surface area contributed by atoms with E-state index in [1.165, 1.54) is 36.4 Å². The number of benzene rings is 3. The fourth-order valence-electron chi connectivity index (χ4n) is 5.66. The van der Waals surface area contributed by atoms with Crippen molar-refractivity contribution in [2.24, 2.45) is 5.92 Å². The third-order valence-corrected chi connectivity index (χ3v) is 7.83. The van der Waals surface area contributed by atoms with Crippen LogP contribution in [0.5, 0.6) is 0 Å². The smallest absolute Gasteiger partial charge is 0.408 e. The van der Waals surface area contributed by atoms with Crippen molar-refractivity contribution in [2.45, 2.75) is 25.0 Å². The third kappa shape index (κ3) is 6.42. The number of piperidine rings is 3. The van der Waals surface area contributed by atoms with E-state index in [0.717, 1.165) is 25.9 Å². The van der Waals surface area contributed by atoms with E-state index in [0.29, 0.717) is 45.2 Å². The molecular weight excluding hydrogens is 578 g/mol. The molecule has 38 heavy (non-hydrogen) atoms. The number of Topliss-reactive ketones (excluding diaryl/α,β-unsaturated/α-hetero) is 1. The minimum absolute atomic E-state index is 0. The maximum absolute atomic E-state index is 14.0. The van der Waals surface area contributed by atoms with Crippen LogP contribution in [0.25, 0.3) is 0 Å². The Balaban J connectivity index is 0.00000336. The van der Waals surface area contributed by atoms with Gasteiger partial charge in [0.2, 0.25) is 5.78 Å². The van der Waals surface area contributed by atoms with E-state index in [-0.39, 0.29) is 28.8 Å². The van der Waals surface area contributed by atoms with Gasteiger partial charge in [-0.25, -0.2) is 13.6 Å². The highest BCUT2D eigenvalue weighted by Crippen LogP contribution is 2.35. The summed E-state index contributed by atoms with van der Waals surface area (Å²) < 4.78 is 34.3. The molecule has 1 N–H and O–H groups in total. The number of carbonyl (C=O) groups excluding carboxylic acids is 2. The zero-order chi connectivity index (χ0) is 26.0. The summed E-state index contributed by atoms with van der Waals surface area (Å²) in [6, 6.07) is 18.2. The van der Waals surface area contributed by atoms with Gasteiger partial charge in [-0.15, -0.1) is 0 Å². The van der Waals surface area contributed by atoms with Crippen LogP contribution < -0.4 is 22.3 Å². The second-order valence-electron chi connectivity index (χ2n) is 10.0. The second-order valence-corrected chi connectivity index (χ2v) is 10.5. The van der Waals surface area contributed by atoms with Gasteiger partial charge >= 0.3 is 6.09 Å². The molecule has 3 aromatic rings. The van der Waals surface area contributed by atoms with E-state index in [2.05, 4.69) is 5.32 Å². The van der Waals surface area contributed by atoms with Crippen molar-refractivity contribution in [2.75, 3.05) is 26.2 Å². The molecule has 3 heterocycles. The van der Waals surface area contributed by atoms with Crippen LogP contribution >= 0.6 is 11.6 Å². The van der Waals surface area contributed by atoms with Crippen LogP contribution in [0.4, 0.5) is 13.6 Å². The number of halogens is 4. The molecule has 3 saturated heterocycles. The summed E-state index contributed by atoms with van der Waals surface area (Å²) >= 11 is 5.96. The molecular formula is C29H28BrClF2N2O3. The number of hydrogen-bond acceptors (Lipinski definition) is 3. The Morgan fingerprint density at radius 2 is 1.53 bits per heavy atom. The molecule has 9 heteroatoms. The van der Waals surface area contributed by atoms with E-state index in [4.69, 9.17) is 16.3 Å². The lowest BCUT2D eigenvalue weighted by atomic mass is 9.81. The zero-order valence-corrected chi connectivity index (χ0v) is 22.9. The summed E-state index contributed by atoms with van der Waals surface area (Å²) in [5.74, 6) is -0.607. The first-order valence-electron chi connectivity index (χ1n) is 12.4. The average Bonchev–Trinajstić information content (AvgIpc) is 2.88. The average molecular weight is 606 g/mol. The van der Waals surface area contributed by atoms with Gasteiger partial charge in [0.05, 0.1) is 25.7 Å². The van der Waals surface area contributed by atoms with Gasteiger partial charge in [-0.05, 0) is 65.6 Å². The van der Waals surface area contributed by atoms with Gasteiger partial charge in [-0.3, -0.25) is 4.79 Å². The highest BCUT2D eigenvalue weighted by atomic mass is 79.9. The Labute approximate surface area is 236 Å². The van der Waals surface area contributed by atoms with Gasteiger partial charge in [-0.2, -0.15) is 0 Å². The quantitative estimate of drug-likeness (QED) is 0.333. The Kier molecular flexibility index (Phi) is 8.85. The number of hydrogen-bond donors (Lipinski definition) is 1. The number of ketones is 1. The van der Waals surface area contributed by atoms with Gasteiger partial charge in [0.15, 0.2) is 6.10 Å². The molecule has 5 nitrogen and oxygen atoms in total. The maximum Gasteiger partial charge on any atom is 0.408 e. The Hall–Kier alpha value is -2.81. The zero-order valence-electron chi connectivity index (χ0n) is 20.6. The Morgan fingerprint density at radius 1 is 0.947 bits per heavy atom. The molecule has 1 amide bonds. The summed E-state index contributed by atoms with van der Waals surface area (Å²) in [5, 5.41) is 3.59. The molecule has 1 atom stereocenters. The van der Waals surface area contributed by atoms with E-state index >= 15 is 0 Å². The van der Waals surface area contributed by atoms with Crippen molar-refractivity contribution < 1.29 is 44.6 Å². The normalized spacial score (nSPS) is 22.0. The first-order chi connectivity index (χ1) is 17.8. The molecule has 0 saturated carbocycles. The third-order valence-electron chi connectivity index (χ3n) is 7.58. The van der Waals surface area contributed by atoms with Crippen molar-refractivity contribution in [3.63, 3.8) is 0 Å². The fraction of sp³-hybridized carbons (Fsp3) is 0.310. The number of alkyl carbamates (subject to hydrolysis) is 1. The predicted molar refractivity (Wildman–Crippen MR) is 136 cm³/mol. The van der Waals surface area contributed by atoms with Crippen molar-refractivity contribution in [1.82, 2.24) is 5.32 Å². The molecule has 2 bridgehead atoms. The lowest BCUT2D eigenvalue weighted by Crippen LogP contribution is -3.00. The Morgan fingerprint density at radius 3 is 2.08 bits per heavy atom. The summed E-state index contributed by atoms with van der Waals surface area (Å²) in [6.07, 6.45) is 0.174. The molecule has 0 spiro atoms. The topological polar surface area (TPSA) is 55.4 Å². The monoisotopic (exact) mass is 604 g/mol. The summed E-state index contributed by atoms with van der Waals surface area (Å²) in [5.41, 5.74) is 1.44. The first kappa shape index (κ1) is 28.2. The summed E-state index contributed by atoms with van der Waals surface area (Å²) in [4.78, 5) is 26.1.